The fourth-order valence-corrected chi connectivity index (χ4v) is 1.64. The van der Waals surface area contributed by atoms with Crippen molar-refractivity contribution in [1.82, 2.24) is 4.90 Å². The van der Waals surface area contributed by atoms with Gasteiger partial charge in [-0.25, -0.2) is 0 Å². The number of rotatable bonds is 9. The fraction of sp³-hybridized carbons (Fsp3) is 0.917. The van der Waals surface area contributed by atoms with E-state index in [1.54, 1.807) is 0 Å². The zero-order valence-electron chi connectivity index (χ0n) is 10.6. The van der Waals surface area contributed by atoms with Crippen LogP contribution < -0.4 is 0 Å². The van der Waals surface area contributed by atoms with Gasteiger partial charge in [0.25, 0.3) is 0 Å². The van der Waals surface area contributed by atoms with Gasteiger partial charge in [-0.15, -0.1) is 0 Å². The van der Waals surface area contributed by atoms with Crippen LogP contribution in [0.5, 0.6) is 0 Å². The van der Waals surface area contributed by atoms with Crippen molar-refractivity contribution in [2.75, 3.05) is 19.7 Å². The van der Waals surface area contributed by atoms with E-state index in [9.17, 15) is 9.90 Å². The highest BCUT2D eigenvalue weighted by atomic mass is 16.4. The molecule has 0 saturated carbocycles. The molecule has 0 radical (unpaired) electrons. The summed E-state index contributed by atoms with van der Waals surface area (Å²) in [6.07, 6.45) is 2.04. The summed E-state index contributed by atoms with van der Waals surface area (Å²) in [4.78, 5) is 12.6. The third-order valence-electron chi connectivity index (χ3n) is 2.80. The first-order chi connectivity index (χ1) is 7.51. The van der Waals surface area contributed by atoms with Crippen LogP contribution >= 0.6 is 0 Å². The molecular weight excluding hydrogens is 206 g/mol. The van der Waals surface area contributed by atoms with E-state index in [-0.39, 0.29) is 19.1 Å². The molecule has 0 saturated heterocycles. The van der Waals surface area contributed by atoms with Crippen LogP contribution in [0, 0.1) is 5.92 Å². The number of aliphatic hydroxyl groups is 1. The number of carboxylic acids is 1. The van der Waals surface area contributed by atoms with E-state index in [0.29, 0.717) is 12.5 Å². The molecule has 0 aromatic heterocycles. The lowest BCUT2D eigenvalue weighted by Crippen LogP contribution is -2.40. The van der Waals surface area contributed by atoms with Gasteiger partial charge in [0.1, 0.15) is 0 Å². The molecule has 96 valence electrons. The summed E-state index contributed by atoms with van der Waals surface area (Å²) in [7, 11) is 0. The maximum Gasteiger partial charge on any atom is 0.304 e. The predicted molar refractivity (Wildman–Crippen MR) is 64.4 cm³/mol. The van der Waals surface area contributed by atoms with Crippen molar-refractivity contribution in [3.63, 3.8) is 0 Å². The summed E-state index contributed by atoms with van der Waals surface area (Å²) in [6.45, 7) is 7.81. The van der Waals surface area contributed by atoms with Crippen molar-refractivity contribution in [1.29, 1.82) is 0 Å². The standard InChI is InChI=1S/C12H25NO3/c1-4-11(9-14)13(7-5-10(2)3)8-6-12(15)16/h10-11,14H,4-9H2,1-3H3,(H,15,16). The van der Waals surface area contributed by atoms with Crippen LogP contribution in [0.4, 0.5) is 0 Å². The lowest BCUT2D eigenvalue weighted by molar-refractivity contribution is -0.137. The van der Waals surface area contributed by atoms with E-state index < -0.39 is 5.97 Å². The second kappa shape index (κ2) is 8.53. The van der Waals surface area contributed by atoms with Gasteiger partial charge in [0.2, 0.25) is 0 Å². The molecule has 0 aliphatic carbocycles. The Labute approximate surface area is 98.3 Å². The largest absolute Gasteiger partial charge is 0.481 e. The van der Waals surface area contributed by atoms with Gasteiger partial charge >= 0.3 is 5.97 Å². The molecule has 0 spiro atoms. The van der Waals surface area contributed by atoms with E-state index >= 15 is 0 Å². The lowest BCUT2D eigenvalue weighted by atomic mass is 10.1. The van der Waals surface area contributed by atoms with Crippen LogP contribution in [-0.4, -0.2) is 46.8 Å². The molecular formula is C12H25NO3. The first kappa shape index (κ1) is 15.4. The van der Waals surface area contributed by atoms with Crippen molar-refractivity contribution in [3.05, 3.63) is 0 Å². The van der Waals surface area contributed by atoms with E-state index in [1.807, 2.05) is 6.92 Å². The Bertz CT molecular complexity index is 191. The molecule has 4 nitrogen and oxygen atoms in total. The minimum atomic E-state index is -0.776. The molecule has 16 heavy (non-hydrogen) atoms. The van der Waals surface area contributed by atoms with Gasteiger partial charge in [-0.05, 0) is 25.3 Å². The number of aliphatic hydroxyl groups excluding tert-OH is 1. The van der Waals surface area contributed by atoms with Crippen molar-refractivity contribution in [2.24, 2.45) is 5.92 Å². The highest BCUT2D eigenvalue weighted by Crippen LogP contribution is 2.09. The number of nitrogens with zero attached hydrogens (tertiary/aromatic N) is 1. The van der Waals surface area contributed by atoms with Gasteiger partial charge in [-0.1, -0.05) is 20.8 Å². The minimum absolute atomic E-state index is 0.0955. The third kappa shape index (κ3) is 6.80. The molecule has 0 amide bonds. The summed E-state index contributed by atoms with van der Waals surface area (Å²) in [5.41, 5.74) is 0. The zero-order chi connectivity index (χ0) is 12.6. The van der Waals surface area contributed by atoms with Crippen LogP contribution in [0.2, 0.25) is 0 Å². The Kier molecular flexibility index (Phi) is 8.21. The Morgan fingerprint density at radius 3 is 2.31 bits per heavy atom. The summed E-state index contributed by atoms with van der Waals surface area (Å²) in [6, 6.07) is 0.0955. The quantitative estimate of drug-likeness (QED) is 0.632. The highest BCUT2D eigenvalue weighted by Gasteiger charge is 2.16. The number of hydrogen-bond donors (Lipinski definition) is 2. The van der Waals surface area contributed by atoms with Crippen LogP contribution in [0.25, 0.3) is 0 Å². The van der Waals surface area contributed by atoms with Crippen LogP contribution in [0.1, 0.15) is 40.0 Å². The maximum atomic E-state index is 10.6. The molecule has 1 atom stereocenters. The monoisotopic (exact) mass is 231 g/mol. The van der Waals surface area contributed by atoms with Crippen molar-refractivity contribution in [2.45, 2.75) is 46.1 Å². The minimum Gasteiger partial charge on any atom is -0.481 e. The SMILES string of the molecule is CCC(CO)N(CCC(=O)O)CCC(C)C. The van der Waals surface area contributed by atoms with E-state index in [0.717, 1.165) is 19.4 Å². The molecule has 0 aliphatic heterocycles. The van der Waals surface area contributed by atoms with Gasteiger partial charge in [-0.3, -0.25) is 9.69 Å². The van der Waals surface area contributed by atoms with Gasteiger partial charge in [-0.2, -0.15) is 0 Å². The fourth-order valence-electron chi connectivity index (χ4n) is 1.64. The van der Waals surface area contributed by atoms with E-state index in [4.69, 9.17) is 5.11 Å². The number of carboxylic acid groups (broad SMARTS) is 1. The van der Waals surface area contributed by atoms with Gasteiger partial charge in [0, 0.05) is 12.6 Å². The van der Waals surface area contributed by atoms with E-state index in [2.05, 4.69) is 18.7 Å². The highest BCUT2D eigenvalue weighted by molar-refractivity contribution is 5.66. The number of aliphatic carboxylic acids is 1. The molecule has 4 heteroatoms. The van der Waals surface area contributed by atoms with Gasteiger partial charge in [0.15, 0.2) is 0 Å². The molecule has 0 rings (SSSR count). The Morgan fingerprint density at radius 2 is 1.94 bits per heavy atom. The second-order valence-corrected chi connectivity index (χ2v) is 4.61. The molecule has 0 bridgehead atoms. The first-order valence-electron chi connectivity index (χ1n) is 6.07. The average Bonchev–Trinajstić information content (AvgIpc) is 2.22. The first-order valence-corrected chi connectivity index (χ1v) is 6.07. The van der Waals surface area contributed by atoms with Gasteiger partial charge < -0.3 is 10.2 Å². The Balaban J connectivity index is 4.18. The van der Waals surface area contributed by atoms with Gasteiger partial charge in [0.05, 0.1) is 13.0 Å². The molecule has 2 N–H and O–H groups in total. The molecule has 0 aromatic rings. The second-order valence-electron chi connectivity index (χ2n) is 4.61. The molecule has 1 unspecified atom stereocenters. The summed E-state index contributed by atoms with van der Waals surface area (Å²) < 4.78 is 0. The van der Waals surface area contributed by atoms with Crippen molar-refractivity contribution >= 4 is 5.97 Å². The third-order valence-corrected chi connectivity index (χ3v) is 2.80. The van der Waals surface area contributed by atoms with Crippen LogP contribution in [-0.2, 0) is 4.79 Å². The topological polar surface area (TPSA) is 60.8 Å². The average molecular weight is 231 g/mol. The maximum absolute atomic E-state index is 10.6. The van der Waals surface area contributed by atoms with Crippen molar-refractivity contribution < 1.29 is 15.0 Å². The Hall–Kier alpha value is -0.610. The zero-order valence-corrected chi connectivity index (χ0v) is 10.6. The smallest absolute Gasteiger partial charge is 0.304 e. The Morgan fingerprint density at radius 1 is 1.31 bits per heavy atom. The summed E-state index contributed by atoms with van der Waals surface area (Å²) >= 11 is 0. The predicted octanol–water partition coefficient (Wildman–Crippen LogP) is 1.58. The molecule has 0 aromatic carbocycles. The molecule has 0 aliphatic rings. The van der Waals surface area contributed by atoms with Crippen LogP contribution in [0.3, 0.4) is 0 Å². The molecule has 0 fully saturated rings. The molecule has 0 heterocycles. The lowest BCUT2D eigenvalue weighted by Gasteiger charge is -2.29. The number of carbonyl (C=O) groups is 1. The summed E-state index contributed by atoms with van der Waals surface area (Å²) in [5.74, 6) is -0.175. The summed E-state index contributed by atoms with van der Waals surface area (Å²) in [5, 5.41) is 17.9. The van der Waals surface area contributed by atoms with Crippen molar-refractivity contribution in [3.8, 4) is 0 Å². The normalized spacial score (nSPS) is 13.4. The number of hydrogen-bond acceptors (Lipinski definition) is 3. The van der Waals surface area contributed by atoms with E-state index in [1.165, 1.54) is 0 Å². The van der Waals surface area contributed by atoms with Crippen LogP contribution in [0.15, 0.2) is 0 Å².